The lowest BCUT2D eigenvalue weighted by molar-refractivity contribution is 0.123. The van der Waals surface area contributed by atoms with Crippen LogP contribution in [0, 0.1) is 6.92 Å². The Morgan fingerprint density at radius 2 is 2.07 bits per heavy atom. The van der Waals surface area contributed by atoms with E-state index in [1.165, 1.54) is 15.4 Å². The van der Waals surface area contributed by atoms with Gasteiger partial charge in [-0.2, -0.15) is 0 Å². The summed E-state index contributed by atoms with van der Waals surface area (Å²) in [5.74, 6) is 0.621. The van der Waals surface area contributed by atoms with Crippen LogP contribution >= 0.6 is 11.3 Å². The summed E-state index contributed by atoms with van der Waals surface area (Å²) in [5, 5.41) is 4.29. The number of nitrogens with one attached hydrogen (secondary N) is 1. The SMILES string of the molecule is Cc1nc2cc(NC(=O)N3CCc4sc(N5CCOCC5)cc4C3)ccc2o1. The second-order valence-electron chi connectivity index (χ2n) is 7.15. The molecule has 1 N–H and O–H groups in total. The Balaban J connectivity index is 1.28. The maximum Gasteiger partial charge on any atom is 0.322 e. The maximum absolute atomic E-state index is 12.8. The van der Waals surface area contributed by atoms with E-state index in [0.29, 0.717) is 12.4 Å². The number of carbonyl (C=O) groups is 1. The number of benzene rings is 1. The molecule has 8 heteroatoms. The number of rotatable bonds is 2. The number of nitrogens with zero attached hydrogens (tertiary/aromatic N) is 3. The Bertz CT molecular complexity index is 1020. The van der Waals surface area contributed by atoms with Gasteiger partial charge in [0.2, 0.25) is 0 Å². The molecule has 0 unspecified atom stereocenters. The Kier molecular flexibility index (Phi) is 4.44. The van der Waals surface area contributed by atoms with E-state index >= 15 is 0 Å². The first kappa shape index (κ1) is 17.5. The third-order valence-corrected chi connectivity index (χ3v) is 6.51. The van der Waals surface area contributed by atoms with E-state index < -0.39 is 0 Å². The van der Waals surface area contributed by atoms with Gasteiger partial charge in [0.25, 0.3) is 0 Å². The van der Waals surface area contributed by atoms with Crippen molar-refractivity contribution >= 4 is 39.2 Å². The van der Waals surface area contributed by atoms with Gasteiger partial charge < -0.3 is 24.3 Å². The topological polar surface area (TPSA) is 70.8 Å². The van der Waals surface area contributed by atoms with Gasteiger partial charge in [-0.05, 0) is 36.2 Å². The summed E-state index contributed by atoms with van der Waals surface area (Å²) < 4.78 is 10.9. The minimum Gasteiger partial charge on any atom is -0.441 e. The molecule has 1 fully saturated rings. The van der Waals surface area contributed by atoms with Crippen LogP contribution in [0.5, 0.6) is 0 Å². The largest absolute Gasteiger partial charge is 0.441 e. The number of hydrogen-bond donors (Lipinski definition) is 1. The average molecular weight is 398 g/mol. The highest BCUT2D eigenvalue weighted by atomic mass is 32.1. The zero-order valence-corrected chi connectivity index (χ0v) is 16.6. The van der Waals surface area contributed by atoms with Crippen LogP contribution < -0.4 is 10.2 Å². The predicted molar refractivity (Wildman–Crippen MR) is 109 cm³/mol. The van der Waals surface area contributed by atoms with Crippen molar-refractivity contribution in [1.82, 2.24) is 9.88 Å². The first-order valence-electron chi connectivity index (χ1n) is 9.53. The Morgan fingerprint density at radius 3 is 2.93 bits per heavy atom. The van der Waals surface area contributed by atoms with Crippen molar-refractivity contribution < 1.29 is 13.9 Å². The molecule has 2 aliphatic rings. The minimum absolute atomic E-state index is 0.0793. The maximum atomic E-state index is 12.8. The normalized spacial score (nSPS) is 17.0. The zero-order chi connectivity index (χ0) is 19.1. The Morgan fingerprint density at radius 1 is 1.21 bits per heavy atom. The fourth-order valence-electron chi connectivity index (χ4n) is 3.75. The predicted octanol–water partition coefficient (Wildman–Crippen LogP) is 3.62. The van der Waals surface area contributed by atoms with E-state index in [0.717, 1.165) is 56.1 Å². The van der Waals surface area contributed by atoms with Crippen molar-refractivity contribution in [3.05, 3.63) is 40.6 Å². The molecule has 0 bridgehead atoms. The van der Waals surface area contributed by atoms with Gasteiger partial charge in [-0.1, -0.05) is 0 Å². The number of anilines is 2. The molecule has 3 aromatic rings. The number of morpholine rings is 1. The third kappa shape index (κ3) is 3.33. The number of oxazole rings is 1. The van der Waals surface area contributed by atoms with Crippen molar-refractivity contribution in [1.29, 1.82) is 0 Å². The fourth-order valence-corrected chi connectivity index (χ4v) is 4.97. The van der Waals surface area contributed by atoms with Crippen LogP contribution in [-0.4, -0.2) is 48.8 Å². The van der Waals surface area contributed by atoms with Crippen LogP contribution in [0.25, 0.3) is 11.1 Å². The quantitative estimate of drug-likeness (QED) is 0.714. The van der Waals surface area contributed by atoms with Crippen LogP contribution in [0.3, 0.4) is 0 Å². The number of aromatic nitrogens is 1. The number of hydrogen-bond acceptors (Lipinski definition) is 6. The van der Waals surface area contributed by atoms with Crippen molar-refractivity contribution in [2.24, 2.45) is 0 Å². The number of amides is 2. The summed E-state index contributed by atoms with van der Waals surface area (Å²) in [6.07, 6.45) is 0.902. The summed E-state index contributed by atoms with van der Waals surface area (Å²) in [6.45, 7) is 6.64. The van der Waals surface area contributed by atoms with Crippen LogP contribution in [0.2, 0.25) is 0 Å². The van der Waals surface area contributed by atoms with Crippen molar-refractivity contribution in [3.63, 3.8) is 0 Å². The molecule has 2 amide bonds. The second-order valence-corrected chi connectivity index (χ2v) is 8.26. The minimum atomic E-state index is -0.0793. The first-order valence-corrected chi connectivity index (χ1v) is 10.3. The summed E-state index contributed by atoms with van der Waals surface area (Å²) in [5.41, 5.74) is 3.47. The number of urea groups is 1. The van der Waals surface area contributed by atoms with Crippen molar-refractivity contribution in [2.45, 2.75) is 19.9 Å². The zero-order valence-electron chi connectivity index (χ0n) is 15.7. The lowest BCUT2D eigenvalue weighted by Crippen LogP contribution is -2.38. The Labute approximate surface area is 166 Å². The number of fused-ring (bicyclic) bond motifs is 2. The molecule has 2 aliphatic heterocycles. The highest BCUT2D eigenvalue weighted by molar-refractivity contribution is 7.16. The molecule has 146 valence electrons. The second kappa shape index (κ2) is 7.10. The van der Waals surface area contributed by atoms with Crippen LogP contribution in [0.4, 0.5) is 15.5 Å². The molecule has 0 aliphatic carbocycles. The lowest BCUT2D eigenvalue weighted by atomic mass is 10.1. The fraction of sp³-hybridized carbons (Fsp3) is 0.400. The summed E-state index contributed by atoms with van der Waals surface area (Å²) in [4.78, 5) is 22.7. The molecular weight excluding hydrogens is 376 g/mol. The molecule has 1 saturated heterocycles. The molecule has 0 atom stereocenters. The number of ether oxygens (including phenoxy) is 1. The summed E-state index contributed by atoms with van der Waals surface area (Å²) in [7, 11) is 0. The van der Waals surface area contributed by atoms with Crippen LogP contribution in [-0.2, 0) is 17.7 Å². The van der Waals surface area contributed by atoms with Gasteiger partial charge in [0, 0.05) is 43.7 Å². The number of carbonyl (C=O) groups excluding carboxylic acids is 1. The monoisotopic (exact) mass is 398 g/mol. The van der Waals surface area contributed by atoms with Crippen molar-refractivity contribution in [2.75, 3.05) is 43.1 Å². The van der Waals surface area contributed by atoms with Crippen LogP contribution in [0.15, 0.2) is 28.7 Å². The molecule has 5 rings (SSSR count). The highest BCUT2D eigenvalue weighted by Crippen LogP contribution is 2.34. The highest BCUT2D eigenvalue weighted by Gasteiger charge is 2.25. The van der Waals surface area contributed by atoms with E-state index in [9.17, 15) is 4.79 Å². The summed E-state index contributed by atoms with van der Waals surface area (Å²) in [6, 6.07) is 7.70. The molecule has 1 aromatic carbocycles. The van der Waals surface area contributed by atoms with E-state index in [1.807, 2.05) is 41.4 Å². The van der Waals surface area contributed by atoms with Gasteiger partial charge in [-0.15, -0.1) is 11.3 Å². The molecule has 0 spiro atoms. The molecule has 28 heavy (non-hydrogen) atoms. The van der Waals surface area contributed by atoms with Gasteiger partial charge in [0.05, 0.1) is 18.2 Å². The van der Waals surface area contributed by atoms with Crippen molar-refractivity contribution in [3.8, 4) is 0 Å². The smallest absolute Gasteiger partial charge is 0.322 e. The van der Waals surface area contributed by atoms with E-state index in [4.69, 9.17) is 9.15 Å². The van der Waals surface area contributed by atoms with Gasteiger partial charge in [0.15, 0.2) is 11.5 Å². The standard InChI is InChI=1S/C20H22N4O3S/c1-13-21-16-11-15(2-3-17(16)27-13)22-20(25)24-5-4-18-14(12-24)10-19(28-18)23-6-8-26-9-7-23/h2-3,10-11H,4-9,12H2,1H3,(H,22,25). The first-order chi connectivity index (χ1) is 13.7. The molecule has 2 aromatic heterocycles. The number of thiophene rings is 1. The molecule has 4 heterocycles. The average Bonchev–Trinajstić information content (AvgIpc) is 3.30. The van der Waals surface area contributed by atoms with E-state index in [-0.39, 0.29) is 6.03 Å². The van der Waals surface area contributed by atoms with E-state index in [2.05, 4.69) is 21.3 Å². The van der Waals surface area contributed by atoms with E-state index in [1.54, 1.807) is 0 Å². The molecule has 0 saturated carbocycles. The van der Waals surface area contributed by atoms with Crippen LogP contribution in [0.1, 0.15) is 16.3 Å². The summed E-state index contributed by atoms with van der Waals surface area (Å²) >= 11 is 1.86. The van der Waals surface area contributed by atoms with Gasteiger partial charge in [0.1, 0.15) is 5.52 Å². The molecule has 7 nitrogen and oxygen atoms in total. The lowest BCUT2D eigenvalue weighted by Gasteiger charge is -2.27. The van der Waals surface area contributed by atoms with Gasteiger partial charge >= 0.3 is 6.03 Å². The van der Waals surface area contributed by atoms with Gasteiger partial charge in [-0.3, -0.25) is 0 Å². The third-order valence-electron chi connectivity index (χ3n) is 5.21. The van der Waals surface area contributed by atoms with Gasteiger partial charge in [-0.25, -0.2) is 9.78 Å². The molecular formula is C20H22N4O3S. The number of aryl methyl sites for hydroxylation is 1. The molecule has 0 radical (unpaired) electrons. The Hall–Kier alpha value is -2.58.